The van der Waals surface area contributed by atoms with E-state index in [4.69, 9.17) is 10.2 Å². The highest BCUT2D eigenvalue weighted by atomic mass is 127. The van der Waals surface area contributed by atoms with Crippen LogP contribution < -0.4 is 0 Å². The zero-order valence-corrected chi connectivity index (χ0v) is 12.2. The molecular formula is C14H9IO5. The Bertz CT molecular complexity index is 659. The van der Waals surface area contributed by atoms with Crippen molar-refractivity contribution in [3.63, 3.8) is 0 Å². The molecule has 0 unspecified atom stereocenters. The molecule has 0 aliphatic rings. The van der Waals surface area contributed by atoms with Gasteiger partial charge in [-0.1, -0.05) is 30.3 Å². The molecule has 0 atom stereocenters. The maximum absolute atomic E-state index is 11.2. The molecule has 20 heavy (non-hydrogen) atoms. The zero-order chi connectivity index (χ0) is 14.7. The molecule has 0 aromatic heterocycles. The summed E-state index contributed by atoms with van der Waals surface area (Å²) in [6, 6.07) is 11.6. The third kappa shape index (κ3) is 2.74. The minimum atomic E-state index is -1.90. The first-order valence-electron chi connectivity index (χ1n) is 5.51. The molecule has 6 heteroatoms. The molecule has 0 saturated heterocycles. The number of benzene rings is 2. The third-order valence-electron chi connectivity index (χ3n) is 2.72. The predicted octanol–water partition coefficient (Wildman–Crippen LogP) is 3.24. The van der Waals surface area contributed by atoms with Crippen molar-refractivity contribution in [2.24, 2.45) is 0 Å². The lowest BCUT2D eigenvalue weighted by Gasteiger charge is -2.08. The van der Waals surface area contributed by atoms with E-state index < -0.39 is 33.1 Å². The average molecular weight is 384 g/mol. The van der Waals surface area contributed by atoms with Gasteiger partial charge in [-0.05, 0) is 23.3 Å². The minimum Gasteiger partial charge on any atom is -0.478 e. The number of carboxylic acids is 2. The maximum Gasteiger partial charge on any atom is 0.336 e. The molecule has 2 rings (SSSR count). The molecule has 0 fully saturated rings. The highest BCUT2D eigenvalue weighted by Gasteiger charge is 2.21. The Morgan fingerprint density at radius 3 is 1.75 bits per heavy atom. The van der Waals surface area contributed by atoms with E-state index in [1.54, 1.807) is 30.3 Å². The van der Waals surface area contributed by atoms with Gasteiger partial charge < -0.3 is 10.2 Å². The highest BCUT2D eigenvalue weighted by molar-refractivity contribution is 14.1. The summed E-state index contributed by atoms with van der Waals surface area (Å²) in [5, 5.41) is 18.3. The largest absolute Gasteiger partial charge is 0.478 e. The number of hydrogen-bond donors (Lipinski definition) is 2. The van der Waals surface area contributed by atoms with Crippen molar-refractivity contribution in [3.8, 4) is 11.1 Å². The van der Waals surface area contributed by atoms with Crippen LogP contribution >= 0.6 is 21.2 Å². The van der Waals surface area contributed by atoms with Crippen LogP contribution in [0.5, 0.6) is 0 Å². The second-order valence-electron chi connectivity index (χ2n) is 3.94. The standard InChI is InChI=1S/C14H9IO5/c16-13(17)10-6-9(8-4-2-1-3-5-8)7-11(14(18)19)12(10)15-20/h1-7H,(H,16,17)(H,18,19). The molecule has 0 saturated carbocycles. The van der Waals surface area contributed by atoms with Crippen LogP contribution in [0.1, 0.15) is 20.7 Å². The lowest BCUT2D eigenvalue weighted by Crippen LogP contribution is -2.08. The molecule has 2 aromatic rings. The van der Waals surface area contributed by atoms with Crippen LogP contribution in [0.15, 0.2) is 42.5 Å². The minimum absolute atomic E-state index is 0.0940. The number of carbonyl (C=O) groups is 2. The summed E-state index contributed by atoms with van der Waals surface area (Å²) >= 11 is -1.90. The van der Waals surface area contributed by atoms with Crippen LogP contribution in [0.4, 0.5) is 0 Å². The Balaban J connectivity index is 2.76. The van der Waals surface area contributed by atoms with Crippen molar-refractivity contribution < 1.29 is 22.9 Å². The van der Waals surface area contributed by atoms with Gasteiger partial charge in [0.05, 0.1) is 14.7 Å². The number of carboxylic acid groups (broad SMARTS) is 2. The van der Waals surface area contributed by atoms with E-state index in [-0.39, 0.29) is 14.7 Å². The summed E-state index contributed by atoms with van der Waals surface area (Å²) in [4.78, 5) is 22.4. The van der Waals surface area contributed by atoms with E-state index in [9.17, 15) is 12.7 Å². The van der Waals surface area contributed by atoms with Crippen molar-refractivity contribution in [2.45, 2.75) is 0 Å². The SMILES string of the molecule is O=Ic1c(C(=O)O)cc(-c2ccccc2)cc1C(=O)O. The van der Waals surface area contributed by atoms with Gasteiger partial charge in [0.1, 0.15) is 0 Å². The van der Waals surface area contributed by atoms with E-state index in [2.05, 4.69) is 0 Å². The van der Waals surface area contributed by atoms with Crippen LogP contribution in [0.25, 0.3) is 11.1 Å². The summed E-state index contributed by atoms with van der Waals surface area (Å²) < 4.78 is 11.1. The number of aromatic carboxylic acids is 2. The first kappa shape index (κ1) is 14.3. The quantitative estimate of drug-likeness (QED) is 0.790. The number of halogens is 1. The fourth-order valence-electron chi connectivity index (χ4n) is 1.82. The number of rotatable bonds is 4. The fraction of sp³-hybridized carbons (Fsp3) is 0. The van der Waals surface area contributed by atoms with Crippen molar-refractivity contribution in [3.05, 3.63) is 57.2 Å². The molecule has 2 N–H and O–H groups in total. The lowest BCUT2D eigenvalue weighted by molar-refractivity contribution is 0.0695. The molecule has 0 spiro atoms. The molecular weight excluding hydrogens is 375 g/mol. The Labute approximate surface area is 124 Å². The van der Waals surface area contributed by atoms with Crippen molar-refractivity contribution in [1.82, 2.24) is 0 Å². The molecule has 0 aliphatic heterocycles. The van der Waals surface area contributed by atoms with E-state index >= 15 is 0 Å². The monoisotopic (exact) mass is 384 g/mol. The molecule has 0 bridgehead atoms. The molecule has 2 aromatic carbocycles. The van der Waals surface area contributed by atoms with Gasteiger partial charge in [0.15, 0.2) is 21.2 Å². The summed E-state index contributed by atoms with van der Waals surface area (Å²) in [6.45, 7) is 0. The summed E-state index contributed by atoms with van der Waals surface area (Å²) in [5.41, 5.74) is 0.743. The van der Waals surface area contributed by atoms with Crippen molar-refractivity contribution >= 4 is 33.1 Å². The molecule has 0 radical (unpaired) electrons. The Morgan fingerprint density at radius 1 is 0.850 bits per heavy atom. The normalized spacial score (nSPS) is 10.2. The Kier molecular flexibility index (Phi) is 4.23. The lowest BCUT2D eigenvalue weighted by atomic mass is 10.00. The van der Waals surface area contributed by atoms with Gasteiger partial charge in [-0.2, -0.15) is 0 Å². The first-order valence-corrected chi connectivity index (χ1v) is 7.47. The van der Waals surface area contributed by atoms with Gasteiger partial charge >= 0.3 is 11.9 Å². The summed E-state index contributed by atoms with van der Waals surface area (Å²) in [6.07, 6.45) is 0. The van der Waals surface area contributed by atoms with Crippen molar-refractivity contribution in [2.75, 3.05) is 0 Å². The van der Waals surface area contributed by atoms with Crippen LogP contribution in [0.2, 0.25) is 0 Å². The average Bonchev–Trinajstić information content (AvgIpc) is 2.46. The van der Waals surface area contributed by atoms with Gasteiger partial charge in [-0.3, -0.25) is 3.07 Å². The maximum atomic E-state index is 11.2. The van der Waals surface area contributed by atoms with E-state index in [1.165, 1.54) is 12.1 Å². The Hall–Kier alpha value is -2.09. The van der Waals surface area contributed by atoms with E-state index in [0.717, 1.165) is 0 Å². The molecule has 0 heterocycles. The van der Waals surface area contributed by atoms with E-state index in [1.807, 2.05) is 0 Å². The van der Waals surface area contributed by atoms with E-state index in [0.29, 0.717) is 11.1 Å². The first-order chi connectivity index (χ1) is 9.54. The smallest absolute Gasteiger partial charge is 0.336 e. The Morgan fingerprint density at radius 2 is 1.35 bits per heavy atom. The van der Waals surface area contributed by atoms with Crippen LogP contribution in [-0.2, 0) is 3.07 Å². The fourth-order valence-corrected chi connectivity index (χ4v) is 3.06. The van der Waals surface area contributed by atoms with Gasteiger partial charge in [0, 0.05) is 0 Å². The van der Waals surface area contributed by atoms with Crippen LogP contribution in [0, 0.1) is 3.57 Å². The highest BCUT2D eigenvalue weighted by Crippen LogP contribution is 2.28. The second-order valence-corrected chi connectivity index (χ2v) is 5.46. The van der Waals surface area contributed by atoms with Gasteiger partial charge in [0.25, 0.3) is 0 Å². The predicted molar refractivity (Wildman–Crippen MR) is 79.2 cm³/mol. The second kappa shape index (κ2) is 5.91. The molecule has 102 valence electrons. The molecule has 5 nitrogen and oxygen atoms in total. The van der Waals surface area contributed by atoms with Crippen molar-refractivity contribution in [1.29, 1.82) is 0 Å². The molecule has 0 aliphatic carbocycles. The van der Waals surface area contributed by atoms with Crippen LogP contribution in [0.3, 0.4) is 0 Å². The van der Waals surface area contributed by atoms with Gasteiger partial charge in [-0.15, -0.1) is 0 Å². The van der Waals surface area contributed by atoms with Gasteiger partial charge in [0.2, 0.25) is 0 Å². The van der Waals surface area contributed by atoms with Gasteiger partial charge in [-0.25, -0.2) is 9.59 Å². The van der Waals surface area contributed by atoms with Crippen LogP contribution in [-0.4, -0.2) is 22.2 Å². The zero-order valence-electron chi connectivity index (χ0n) is 10.0. The number of hydrogen-bond acceptors (Lipinski definition) is 3. The topological polar surface area (TPSA) is 91.7 Å². The molecule has 0 amide bonds. The third-order valence-corrected chi connectivity index (χ3v) is 4.32. The summed E-state index contributed by atoms with van der Waals surface area (Å²) in [5.74, 6) is -2.56. The summed E-state index contributed by atoms with van der Waals surface area (Å²) in [7, 11) is 0.